The molecule has 7 heteroatoms. The summed E-state index contributed by atoms with van der Waals surface area (Å²) in [5.41, 5.74) is 0.953. The fourth-order valence-electron chi connectivity index (χ4n) is 3.03. The van der Waals surface area contributed by atoms with E-state index in [1.54, 1.807) is 11.8 Å². The van der Waals surface area contributed by atoms with Crippen LogP contribution in [0.3, 0.4) is 0 Å². The molecule has 0 saturated carbocycles. The molecule has 23 heavy (non-hydrogen) atoms. The predicted octanol–water partition coefficient (Wildman–Crippen LogP) is 1.45. The molecule has 0 radical (unpaired) electrons. The lowest BCUT2D eigenvalue weighted by Gasteiger charge is -2.32. The highest BCUT2D eigenvalue weighted by molar-refractivity contribution is 5.85. The van der Waals surface area contributed by atoms with Gasteiger partial charge in [-0.05, 0) is 6.07 Å². The van der Waals surface area contributed by atoms with Crippen LogP contribution in [0.25, 0.3) is 0 Å². The topological polar surface area (TPSA) is 77.7 Å². The van der Waals surface area contributed by atoms with E-state index in [1.165, 1.54) is 0 Å². The maximum atomic E-state index is 12.9. The lowest BCUT2D eigenvalue weighted by atomic mass is 9.99. The van der Waals surface area contributed by atoms with E-state index in [4.69, 9.17) is 13.9 Å². The van der Waals surface area contributed by atoms with Crippen molar-refractivity contribution in [1.82, 2.24) is 15.1 Å². The number of aromatic nitrogens is 2. The van der Waals surface area contributed by atoms with Crippen molar-refractivity contribution in [3.8, 4) is 5.75 Å². The fraction of sp³-hybridized carbons (Fsp3) is 0.438. The summed E-state index contributed by atoms with van der Waals surface area (Å²) in [6, 6.07) is 7.68. The normalized spacial score (nSPS) is 23.4. The number of hydrogen-bond donors (Lipinski definition) is 0. The standard InChI is InChI=1S/C16H17N3O4/c1-10-17-18-15(23-10)14-8-19(6-7-21-14)16(20)12-9-22-13-5-3-2-4-11(12)13/h2-5,12,14H,6-9H2,1H3. The number of carbonyl (C=O) groups excluding carboxylic acids is 1. The molecule has 0 bridgehead atoms. The molecule has 1 saturated heterocycles. The van der Waals surface area contributed by atoms with Crippen molar-refractivity contribution >= 4 is 5.91 Å². The highest BCUT2D eigenvalue weighted by Crippen LogP contribution is 2.35. The van der Waals surface area contributed by atoms with Crippen LogP contribution in [-0.4, -0.2) is 47.3 Å². The quantitative estimate of drug-likeness (QED) is 0.835. The summed E-state index contributed by atoms with van der Waals surface area (Å²) in [6.07, 6.45) is -0.369. The SMILES string of the molecule is Cc1nnc(C2CN(C(=O)C3COc4ccccc43)CCO2)o1. The van der Waals surface area contributed by atoms with Crippen molar-refractivity contribution in [3.63, 3.8) is 0 Å². The number of amides is 1. The van der Waals surface area contributed by atoms with Gasteiger partial charge in [0.15, 0.2) is 6.10 Å². The van der Waals surface area contributed by atoms with Crippen LogP contribution in [0.1, 0.15) is 29.4 Å². The zero-order chi connectivity index (χ0) is 15.8. The first kappa shape index (κ1) is 14.2. The van der Waals surface area contributed by atoms with Crippen LogP contribution < -0.4 is 4.74 Å². The van der Waals surface area contributed by atoms with Crippen LogP contribution in [-0.2, 0) is 9.53 Å². The van der Waals surface area contributed by atoms with Crippen molar-refractivity contribution < 1.29 is 18.7 Å². The Morgan fingerprint density at radius 1 is 1.30 bits per heavy atom. The number of benzene rings is 1. The van der Waals surface area contributed by atoms with Crippen molar-refractivity contribution in [2.75, 3.05) is 26.3 Å². The Balaban J connectivity index is 1.51. The van der Waals surface area contributed by atoms with E-state index in [0.717, 1.165) is 11.3 Å². The van der Waals surface area contributed by atoms with E-state index in [1.807, 2.05) is 24.3 Å². The molecule has 0 N–H and O–H groups in total. The van der Waals surface area contributed by atoms with Gasteiger partial charge in [0.1, 0.15) is 18.3 Å². The van der Waals surface area contributed by atoms with Gasteiger partial charge in [0, 0.05) is 19.0 Å². The maximum absolute atomic E-state index is 12.9. The number of hydrogen-bond acceptors (Lipinski definition) is 6. The molecule has 0 spiro atoms. The molecular weight excluding hydrogens is 298 g/mol. The lowest BCUT2D eigenvalue weighted by Crippen LogP contribution is -2.44. The third-order valence-electron chi connectivity index (χ3n) is 4.19. The minimum atomic E-state index is -0.369. The summed E-state index contributed by atoms with van der Waals surface area (Å²) < 4.78 is 16.7. The van der Waals surface area contributed by atoms with Gasteiger partial charge in [0.2, 0.25) is 17.7 Å². The Bertz CT molecular complexity index is 730. The van der Waals surface area contributed by atoms with Gasteiger partial charge in [0.25, 0.3) is 0 Å². The maximum Gasteiger partial charge on any atom is 0.246 e. The van der Waals surface area contributed by atoms with Crippen LogP contribution in [0.5, 0.6) is 5.75 Å². The van der Waals surface area contributed by atoms with E-state index in [2.05, 4.69) is 10.2 Å². The third-order valence-corrected chi connectivity index (χ3v) is 4.19. The van der Waals surface area contributed by atoms with E-state index in [0.29, 0.717) is 38.1 Å². The Hall–Kier alpha value is -2.41. The van der Waals surface area contributed by atoms with Gasteiger partial charge in [-0.15, -0.1) is 10.2 Å². The zero-order valence-electron chi connectivity index (χ0n) is 12.8. The number of carbonyl (C=O) groups is 1. The minimum absolute atomic E-state index is 0.0551. The second-order valence-corrected chi connectivity index (χ2v) is 5.70. The molecule has 1 fully saturated rings. The zero-order valence-corrected chi connectivity index (χ0v) is 12.8. The molecule has 2 aliphatic rings. The van der Waals surface area contributed by atoms with Crippen LogP contribution in [0.4, 0.5) is 0 Å². The van der Waals surface area contributed by atoms with Crippen LogP contribution in [0.15, 0.2) is 28.7 Å². The number of ether oxygens (including phenoxy) is 2. The molecule has 1 aromatic heterocycles. The molecule has 2 aromatic rings. The number of morpholine rings is 1. The van der Waals surface area contributed by atoms with Gasteiger partial charge in [-0.25, -0.2) is 0 Å². The molecule has 3 heterocycles. The van der Waals surface area contributed by atoms with E-state index in [-0.39, 0.29) is 17.9 Å². The third kappa shape index (κ3) is 2.57. The number of rotatable bonds is 2. The smallest absolute Gasteiger partial charge is 0.246 e. The highest BCUT2D eigenvalue weighted by Gasteiger charge is 2.36. The molecule has 7 nitrogen and oxygen atoms in total. The van der Waals surface area contributed by atoms with Gasteiger partial charge in [0.05, 0.1) is 13.2 Å². The number of fused-ring (bicyclic) bond motifs is 1. The lowest BCUT2D eigenvalue weighted by molar-refractivity contribution is -0.141. The first-order chi connectivity index (χ1) is 11.2. The molecule has 2 unspecified atom stereocenters. The molecule has 0 aliphatic carbocycles. The van der Waals surface area contributed by atoms with E-state index >= 15 is 0 Å². The number of nitrogens with zero attached hydrogens (tertiary/aromatic N) is 3. The summed E-state index contributed by atoms with van der Waals surface area (Å²) in [4.78, 5) is 14.7. The Morgan fingerprint density at radius 2 is 2.17 bits per heavy atom. The van der Waals surface area contributed by atoms with Gasteiger partial charge in [-0.3, -0.25) is 4.79 Å². The minimum Gasteiger partial charge on any atom is -0.492 e. The largest absolute Gasteiger partial charge is 0.492 e. The molecule has 2 aliphatic heterocycles. The molecule has 2 atom stereocenters. The van der Waals surface area contributed by atoms with E-state index < -0.39 is 0 Å². The molecule has 120 valence electrons. The van der Waals surface area contributed by atoms with Crippen molar-refractivity contribution in [1.29, 1.82) is 0 Å². The van der Waals surface area contributed by atoms with Crippen LogP contribution in [0.2, 0.25) is 0 Å². The van der Waals surface area contributed by atoms with Crippen molar-refractivity contribution in [3.05, 3.63) is 41.6 Å². The first-order valence-electron chi connectivity index (χ1n) is 7.64. The number of aryl methyl sites for hydroxylation is 1. The van der Waals surface area contributed by atoms with Gasteiger partial charge >= 0.3 is 0 Å². The van der Waals surface area contributed by atoms with Crippen molar-refractivity contribution in [2.45, 2.75) is 18.9 Å². The van der Waals surface area contributed by atoms with Crippen molar-refractivity contribution in [2.24, 2.45) is 0 Å². The monoisotopic (exact) mass is 315 g/mol. The average molecular weight is 315 g/mol. The summed E-state index contributed by atoms with van der Waals surface area (Å²) >= 11 is 0. The molecule has 1 aromatic carbocycles. The summed E-state index contributed by atoms with van der Waals surface area (Å²) in [6.45, 7) is 3.54. The Morgan fingerprint density at radius 3 is 3.00 bits per heavy atom. The molecule has 4 rings (SSSR count). The average Bonchev–Trinajstić information content (AvgIpc) is 3.20. The van der Waals surface area contributed by atoms with Crippen LogP contribution >= 0.6 is 0 Å². The Labute approximate surface area is 133 Å². The summed E-state index contributed by atoms with van der Waals surface area (Å²) in [5, 5.41) is 7.81. The highest BCUT2D eigenvalue weighted by atomic mass is 16.5. The second-order valence-electron chi connectivity index (χ2n) is 5.70. The van der Waals surface area contributed by atoms with Gasteiger partial charge < -0.3 is 18.8 Å². The molecular formula is C16H17N3O4. The molecule has 1 amide bonds. The predicted molar refractivity (Wildman–Crippen MR) is 79.0 cm³/mol. The first-order valence-corrected chi connectivity index (χ1v) is 7.64. The Kier molecular flexibility index (Phi) is 3.49. The van der Waals surface area contributed by atoms with Gasteiger partial charge in [-0.2, -0.15) is 0 Å². The van der Waals surface area contributed by atoms with Gasteiger partial charge in [-0.1, -0.05) is 18.2 Å². The van der Waals surface area contributed by atoms with Crippen LogP contribution in [0, 0.1) is 6.92 Å². The number of para-hydroxylation sites is 1. The summed E-state index contributed by atoms with van der Waals surface area (Å²) in [7, 11) is 0. The second kappa shape index (κ2) is 5.66. The summed E-state index contributed by atoms with van der Waals surface area (Å²) in [5.74, 6) is 1.50. The fourth-order valence-corrected chi connectivity index (χ4v) is 3.03. The van der Waals surface area contributed by atoms with E-state index in [9.17, 15) is 4.79 Å².